The quantitative estimate of drug-likeness (QED) is 0.685. The van der Waals surface area contributed by atoms with E-state index in [0.29, 0.717) is 6.54 Å². The third kappa shape index (κ3) is 3.64. The fourth-order valence-electron chi connectivity index (χ4n) is 1.53. The van der Waals surface area contributed by atoms with Gasteiger partial charge in [-0.1, -0.05) is 6.42 Å². The molecule has 0 aromatic heterocycles. The first kappa shape index (κ1) is 11.5. The van der Waals surface area contributed by atoms with Crippen molar-refractivity contribution in [3.05, 3.63) is 0 Å². The van der Waals surface area contributed by atoms with Gasteiger partial charge in [0.05, 0.1) is 12.1 Å². The summed E-state index contributed by atoms with van der Waals surface area (Å²) < 4.78 is 5.05. The zero-order valence-electron chi connectivity index (χ0n) is 9.01. The molecule has 0 aromatic rings. The molecular formula is C10H20N2O2. The Hall–Kier alpha value is -0.610. The number of hydrogen-bond acceptors (Lipinski definition) is 3. The van der Waals surface area contributed by atoms with Crippen LogP contribution in [0.5, 0.6) is 0 Å². The number of carbonyl (C=O) groups excluding carboxylic acids is 1. The molecule has 1 rings (SSSR count). The molecule has 0 bridgehead atoms. The standard InChI is InChI=1S/C10H20N2O2/c1-8(14-2)7-12-10(13)9-5-3-4-6-11-9/h8-9,11H,3-7H2,1-2H3,(H,12,13)/t8?,9-/m1/s1. The lowest BCUT2D eigenvalue weighted by Gasteiger charge is -2.23. The molecule has 0 spiro atoms. The van der Waals surface area contributed by atoms with Crippen LogP contribution in [0.2, 0.25) is 0 Å². The van der Waals surface area contributed by atoms with Gasteiger partial charge in [-0.3, -0.25) is 4.79 Å². The van der Waals surface area contributed by atoms with Crippen molar-refractivity contribution in [1.29, 1.82) is 0 Å². The van der Waals surface area contributed by atoms with E-state index in [4.69, 9.17) is 4.74 Å². The molecule has 1 saturated heterocycles. The molecule has 0 aromatic carbocycles. The minimum Gasteiger partial charge on any atom is -0.380 e. The normalized spacial score (nSPS) is 24.3. The first-order valence-corrected chi connectivity index (χ1v) is 5.28. The van der Waals surface area contributed by atoms with Gasteiger partial charge in [0.15, 0.2) is 0 Å². The van der Waals surface area contributed by atoms with Crippen molar-refractivity contribution in [3.63, 3.8) is 0 Å². The van der Waals surface area contributed by atoms with Crippen LogP contribution in [0.15, 0.2) is 0 Å². The fourth-order valence-corrected chi connectivity index (χ4v) is 1.53. The lowest BCUT2D eigenvalue weighted by atomic mass is 10.0. The van der Waals surface area contributed by atoms with Gasteiger partial charge >= 0.3 is 0 Å². The minimum atomic E-state index is 0.00723. The maximum Gasteiger partial charge on any atom is 0.237 e. The summed E-state index contributed by atoms with van der Waals surface area (Å²) in [5, 5.41) is 6.08. The molecule has 2 atom stereocenters. The van der Waals surface area contributed by atoms with Crippen molar-refractivity contribution in [3.8, 4) is 0 Å². The van der Waals surface area contributed by atoms with Gasteiger partial charge in [-0.2, -0.15) is 0 Å². The lowest BCUT2D eigenvalue weighted by molar-refractivity contribution is -0.124. The molecular weight excluding hydrogens is 180 g/mol. The SMILES string of the molecule is COC(C)CNC(=O)[C@H]1CCCCN1. The summed E-state index contributed by atoms with van der Waals surface area (Å²) in [7, 11) is 1.65. The lowest BCUT2D eigenvalue weighted by Crippen LogP contribution is -2.48. The van der Waals surface area contributed by atoms with Crippen LogP contribution in [0.1, 0.15) is 26.2 Å². The van der Waals surface area contributed by atoms with E-state index >= 15 is 0 Å². The van der Waals surface area contributed by atoms with Gasteiger partial charge in [-0.25, -0.2) is 0 Å². The number of piperidine rings is 1. The third-order valence-corrected chi connectivity index (χ3v) is 2.59. The van der Waals surface area contributed by atoms with Gasteiger partial charge in [0.25, 0.3) is 0 Å². The van der Waals surface area contributed by atoms with Gasteiger partial charge in [0, 0.05) is 13.7 Å². The van der Waals surface area contributed by atoms with Crippen LogP contribution in [0.3, 0.4) is 0 Å². The zero-order valence-corrected chi connectivity index (χ0v) is 9.01. The van der Waals surface area contributed by atoms with Gasteiger partial charge in [0.1, 0.15) is 0 Å². The van der Waals surface area contributed by atoms with Crippen LogP contribution in [0, 0.1) is 0 Å². The molecule has 1 heterocycles. The van der Waals surface area contributed by atoms with E-state index in [9.17, 15) is 4.79 Å². The van der Waals surface area contributed by atoms with Crippen molar-refractivity contribution in [1.82, 2.24) is 10.6 Å². The van der Waals surface area contributed by atoms with E-state index in [1.165, 1.54) is 6.42 Å². The Balaban J connectivity index is 2.19. The average molecular weight is 200 g/mol. The second kappa shape index (κ2) is 5.98. The van der Waals surface area contributed by atoms with Crippen LogP contribution in [0.4, 0.5) is 0 Å². The Morgan fingerprint density at radius 2 is 2.43 bits per heavy atom. The van der Waals surface area contributed by atoms with E-state index in [0.717, 1.165) is 19.4 Å². The molecule has 14 heavy (non-hydrogen) atoms. The van der Waals surface area contributed by atoms with E-state index in [1.807, 2.05) is 6.92 Å². The molecule has 0 radical (unpaired) electrons. The second-order valence-corrected chi connectivity index (χ2v) is 3.79. The number of nitrogens with one attached hydrogen (secondary N) is 2. The van der Waals surface area contributed by atoms with Crippen LogP contribution in [0.25, 0.3) is 0 Å². The smallest absolute Gasteiger partial charge is 0.237 e. The van der Waals surface area contributed by atoms with E-state index in [2.05, 4.69) is 10.6 Å². The fraction of sp³-hybridized carbons (Fsp3) is 0.900. The number of carbonyl (C=O) groups is 1. The van der Waals surface area contributed by atoms with E-state index in [1.54, 1.807) is 7.11 Å². The minimum absolute atomic E-state index is 0.00723. The summed E-state index contributed by atoms with van der Waals surface area (Å²) in [6.07, 6.45) is 3.36. The van der Waals surface area contributed by atoms with Crippen LogP contribution < -0.4 is 10.6 Å². The van der Waals surface area contributed by atoms with Crippen LogP contribution in [-0.2, 0) is 9.53 Å². The zero-order chi connectivity index (χ0) is 10.4. The number of hydrogen-bond donors (Lipinski definition) is 2. The molecule has 4 heteroatoms. The van der Waals surface area contributed by atoms with E-state index < -0.39 is 0 Å². The average Bonchev–Trinajstić information content (AvgIpc) is 2.26. The predicted molar refractivity (Wildman–Crippen MR) is 55.1 cm³/mol. The van der Waals surface area contributed by atoms with Crippen molar-refractivity contribution in [2.45, 2.75) is 38.3 Å². The Morgan fingerprint density at radius 1 is 1.64 bits per heavy atom. The third-order valence-electron chi connectivity index (χ3n) is 2.59. The topological polar surface area (TPSA) is 50.4 Å². The first-order valence-electron chi connectivity index (χ1n) is 5.28. The number of ether oxygens (including phenoxy) is 1. The first-order chi connectivity index (χ1) is 6.74. The second-order valence-electron chi connectivity index (χ2n) is 3.79. The maximum absolute atomic E-state index is 11.6. The molecule has 1 amide bonds. The molecule has 4 nitrogen and oxygen atoms in total. The highest BCUT2D eigenvalue weighted by atomic mass is 16.5. The summed E-state index contributed by atoms with van der Waals surface area (Å²) in [5.41, 5.74) is 0. The molecule has 0 aliphatic carbocycles. The van der Waals surface area contributed by atoms with Crippen LogP contribution in [-0.4, -0.2) is 38.3 Å². The van der Waals surface area contributed by atoms with Gasteiger partial charge in [0.2, 0.25) is 5.91 Å². The van der Waals surface area contributed by atoms with Gasteiger partial charge in [-0.15, -0.1) is 0 Å². The summed E-state index contributed by atoms with van der Waals surface area (Å²) in [6.45, 7) is 3.49. The summed E-state index contributed by atoms with van der Waals surface area (Å²) >= 11 is 0. The van der Waals surface area contributed by atoms with Crippen molar-refractivity contribution < 1.29 is 9.53 Å². The molecule has 0 saturated carbocycles. The molecule has 1 aliphatic rings. The largest absolute Gasteiger partial charge is 0.380 e. The Morgan fingerprint density at radius 3 is 3.00 bits per heavy atom. The molecule has 1 unspecified atom stereocenters. The predicted octanol–water partition coefficient (Wildman–Crippen LogP) is 0.280. The highest BCUT2D eigenvalue weighted by Gasteiger charge is 2.20. The molecule has 82 valence electrons. The van der Waals surface area contributed by atoms with E-state index in [-0.39, 0.29) is 18.1 Å². The summed E-state index contributed by atoms with van der Waals surface area (Å²) in [4.78, 5) is 11.6. The summed E-state index contributed by atoms with van der Waals surface area (Å²) in [6, 6.07) is 0.00723. The number of amides is 1. The van der Waals surface area contributed by atoms with Gasteiger partial charge in [-0.05, 0) is 26.3 Å². The monoisotopic (exact) mass is 200 g/mol. The van der Waals surface area contributed by atoms with Crippen LogP contribution >= 0.6 is 0 Å². The Labute approximate surface area is 85.4 Å². The highest BCUT2D eigenvalue weighted by molar-refractivity contribution is 5.81. The Bertz CT molecular complexity index is 179. The Kier molecular flexibility index (Phi) is 4.90. The number of methoxy groups -OCH3 is 1. The maximum atomic E-state index is 11.6. The highest BCUT2D eigenvalue weighted by Crippen LogP contribution is 2.06. The van der Waals surface area contributed by atoms with Crippen molar-refractivity contribution >= 4 is 5.91 Å². The molecule has 1 aliphatic heterocycles. The van der Waals surface area contributed by atoms with Crippen molar-refractivity contribution in [2.75, 3.05) is 20.2 Å². The van der Waals surface area contributed by atoms with Gasteiger partial charge < -0.3 is 15.4 Å². The summed E-state index contributed by atoms with van der Waals surface area (Å²) in [5.74, 6) is 0.105. The number of rotatable bonds is 4. The molecule has 2 N–H and O–H groups in total. The molecule has 1 fully saturated rings. The van der Waals surface area contributed by atoms with Crippen molar-refractivity contribution in [2.24, 2.45) is 0 Å².